The van der Waals surface area contributed by atoms with Gasteiger partial charge in [0.25, 0.3) is 0 Å². The summed E-state index contributed by atoms with van der Waals surface area (Å²) in [5.74, 6) is 0.424. The third kappa shape index (κ3) is 4.85. The molecule has 2 N–H and O–H groups in total. The van der Waals surface area contributed by atoms with Crippen LogP contribution in [0.2, 0.25) is 0 Å². The van der Waals surface area contributed by atoms with Crippen LogP contribution in [0, 0.1) is 13.8 Å². The zero-order valence-corrected chi connectivity index (χ0v) is 22.4. The molecule has 1 aliphatic heterocycles. The number of aromatic nitrogens is 2. The van der Waals surface area contributed by atoms with Gasteiger partial charge < -0.3 is 19.5 Å². The summed E-state index contributed by atoms with van der Waals surface area (Å²) in [7, 11) is -2.01. The van der Waals surface area contributed by atoms with E-state index in [9.17, 15) is 8.42 Å². The van der Waals surface area contributed by atoms with Crippen molar-refractivity contribution in [2.24, 2.45) is 0 Å². The second-order valence-electron chi connectivity index (χ2n) is 9.05. The number of aryl methyl sites for hydroxylation is 1. The molecule has 0 aliphatic carbocycles. The number of hydrogen-bond donors (Lipinski definition) is 2. The molecule has 186 valence electrons. The fourth-order valence-corrected chi connectivity index (χ4v) is 5.88. The van der Waals surface area contributed by atoms with Crippen LogP contribution >= 0.6 is 12.2 Å². The van der Waals surface area contributed by atoms with Crippen LogP contribution in [0.1, 0.15) is 54.6 Å². The van der Waals surface area contributed by atoms with Crippen LogP contribution < -0.4 is 19.7 Å². The zero-order valence-electron chi connectivity index (χ0n) is 20.7. The van der Waals surface area contributed by atoms with Gasteiger partial charge in [-0.25, -0.2) is 8.42 Å². The SMILES string of the molecule is COc1ccc(N2C(=S)N[C@H](c3ccccn3)[C@@H]2c2cc(C)n(C(C)C)c2C)cc1NS(C)(=O)=O. The topological polar surface area (TPSA) is 88.5 Å². The third-order valence-electron chi connectivity index (χ3n) is 6.21. The Morgan fingerprint density at radius 2 is 1.91 bits per heavy atom. The summed E-state index contributed by atoms with van der Waals surface area (Å²) < 4.78 is 34.3. The van der Waals surface area contributed by atoms with E-state index < -0.39 is 10.0 Å². The van der Waals surface area contributed by atoms with E-state index in [1.165, 1.54) is 12.8 Å². The highest BCUT2D eigenvalue weighted by atomic mass is 32.2. The molecule has 0 unspecified atom stereocenters. The first-order chi connectivity index (χ1) is 16.5. The van der Waals surface area contributed by atoms with E-state index in [1.54, 1.807) is 18.3 Å². The number of pyridine rings is 1. The van der Waals surface area contributed by atoms with E-state index in [2.05, 4.69) is 53.4 Å². The molecule has 0 spiro atoms. The van der Waals surface area contributed by atoms with Crippen molar-refractivity contribution < 1.29 is 13.2 Å². The average Bonchev–Trinajstić information content (AvgIpc) is 3.28. The van der Waals surface area contributed by atoms with Crippen molar-refractivity contribution in [3.05, 3.63) is 71.3 Å². The van der Waals surface area contributed by atoms with Gasteiger partial charge in [-0.2, -0.15) is 0 Å². The number of methoxy groups -OCH3 is 1. The lowest BCUT2D eigenvalue weighted by Gasteiger charge is -2.29. The largest absolute Gasteiger partial charge is 0.495 e. The molecular weight excluding hydrogens is 482 g/mol. The molecule has 1 fully saturated rings. The Bertz CT molecular complexity index is 1350. The van der Waals surface area contributed by atoms with Gasteiger partial charge in [-0.15, -0.1) is 0 Å². The summed E-state index contributed by atoms with van der Waals surface area (Å²) in [5.41, 5.74) is 5.42. The molecule has 35 heavy (non-hydrogen) atoms. The normalized spacial score (nSPS) is 18.1. The fraction of sp³-hybridized carbons (Fsp3) is 0.360. The van der Waals surface area contributed by atoms with Crippen LogP contribution in [0.4, 0.5) is 11.4 Å². The van der Waals surface area contributed by atoms with Crippen molar-refractivity contribution >= 4 is 38.7 Å². The van der Waals surface area contributed by atoms with Crippen molar-refractivity contribution in [3.8, 4) is 5.75 Å². The highest BCUT2D eigenvalue weighted by molar-refractivity contribution is 7.92. The fourth-order valence-electron chi connectivity index (χ4n) is 4.97. The zero-order chi connectivity index (χ0) is 25.5. The number of nitrogens with zero attached hydrogens (tertiary/aromatic N) is 3. The lowest BCUT2D eigenvalue weighted by atomic mass is 9.96. The van der Waals surface area contributed by atoms with E-state index in [1.807, 2.05) is 29.2 Å². The van der Waals surface area contributed by atoms with Crippen molar-refractivity contribution in [1.82, 2.24) is 14.9 Å². The first-order valence-corrected chi connectivity index (χ1v) is 13.7. The Hall–Kier alpha value is -3.11. The molecule has 2 aromatic heterocycles. The number of ether oxygens (including phenoxy) is 1. The minimum atomic E-state index is -3.51. The molecule has 1 saturated heterocycles. The highest BCUT2D eigenvalue weighted by Gasteiger charge is 2.42. The average molecular weight is 514 g/mol. The molecule has 8 nitrogen and oxygen atoms in total. The minimum Gasteiger partial charge on any atom is -0.495 e. The van der Waals surface area contributed by atoms with Gasteiger partial charge in [0.1, 0.15) is 5.75 Å². The second kappa shape index (κ2) is 9.50. The number of hydrogen-bond acceptors (Lipinski definition) is 5. The summed E-state index contributed by atoms with van der Waals surface area (Å²) >= 11 is 5.84. The van der Waals surface area contributed by atoms with Gasteiger partial charge in [-0.3, -0.25) is 9.71 Å². The van der Waals surface area contributed by atoms with Crippen molar-refractivity contribution in [2.45, 2.75) is 45.8 Å². The van der Waals surface area contributed by atoms with Gasteiger partial charge in [-0.1, -0.05) is 6.07 Å². The van der Waals surface area contributed by atoms with Crippen LogP contribution in [0.3, 0.4) is 0 Å². The summed E-state index contributed by atoms with van der Waals surface area (Å²) in [4.78, 5) is 6.65. The third-order valence-corrected chi connectivity index (χ3v) is 7.12. The molecule has 2 atom stereocenters. The summed E-state index contributed by atoms with van der Waals surface area (Å²) in [5, 5.41) is 4.00. The molecular formula is C25H31N5O3S2. The molecule has 10 heteroatoms. The molecule has 0 amide bonds. The van der Waals surface area contributed by atoms with E-state index in [4.69, 9.17) is 17.0 Å². The predicted molar refractivity (Wildman–Crippen MR) is 144 cm³/mol. The van der Waals surface area contributed by atoms with Crippen molar-refractivity contribution in [1.29, 1.82) is 0 Å². The number of nitrogens with one attached hydrogen (secondary N) is 2. The number of rotatable bonds is 7. The number of anilines is 2. The van der Waals surface area contributed by atoms with Gasteiger partial charge in [0.2, 0.25) is 10.0 Å². The van der Waals surface area contributed by atoms with Crippen LogP contribution in [0.25, 0.3) is 0 Å². The first-order valence-electron chi connectivity index (χ1n) is 11.4. The Morgan fingerprint density at radius 3 is 2.49 bits per heavy atom. The first kappa shape index (κ1) is 25.0. The maximum absolute atomic E-state index is 12.0. The van der Waals surface area contributed by atoms with Crippen molar-refractivity contribution in [3.63, 3.8) is 0 Å². The van der Waals surface area contributed by atoms with Crippen LogP contribution in [-0.4, -0.2) is 36.4 Å². The van der Waals surface area contributed by atoms with Gasteiger partial charge in [0.05, 0.1) is 36.8 Å². The van der Waals surface area contributed by atoms with Gasteiger partial charge in [0.15, 0.2) is 5.11 Å². The molecule has 0 bridgehead atoms. The maximum Gasteiger partial charge on any atom is 0.229 e. The smallest absolute Gasteiger partial charge is 0.229 e. The minimum absolute atomic E-state index is 0.196. The van der Waals surface area contributed by atoms with Crippen LogP contribution in [-0.2, 0) is 10.0 Å². The predicted octanol–water partition coefficient (Wildman–Crippen LogP) is 4.64. The van der Waals surface area contributed by atoms with Crippen LogP contribution in [0.15, 0.2) is 48.7 Å². The van der Waals surface area contributed by atoms with Crippen molar-refractivity contribution in [2.75, 3.05) is 23.0 Å². The Labute approximate surface area is 212 Å². The lowest BCUT2D eigenvalue weighted by Crippen LogP contribution is -2.29. The number of thiocarbonyl (C=S) groups is 1. The summed E-state index contributed by atoms with van der Waals surface area (Å²) in [6, 6.07) is 13.3. The van der Waals surface area contributed by atoms with E-state index in [-0.39, 0.29) is 12.1 Å². The Morgan fingerprint density at radius 1 is 1.17 bits per heavy atom. The molecule has 0 radical (unpaired) electrons. The molecule has 4 rings (SSSR count). The van der Waals surface area contributed by atoms with Gasteiger partial charge in [-0.05, 0) is 81.9 Å². The molecule has 3 aromatic rings. The van der Waals surface area contributed by atoms with Crippen LogP contribution in [0.5, 0.6) is 5.75 Å². The lowest BCUT2D eigenvalue weighted by molar-refractivity contribution is 0.417. The second-order valence-corrected chi connectivity index (χ2v) is 11.2. The molecule has 0 saturated carbocycles. The van der Waals surface area contributed by atoms with E-state index >= 15 is 0 Å². The Kier molecular flexibility index (Phi) is 6.79. The summed E-state index contributed by atoms with van der Waals surface area (Å²) in [6.45, 7) is 8.57. The van der Waals surface area contributed by atoms with E-state index in [0.717, 1.165) is 28.9 Å². The maximum atomic E-state index is 12.0. The number of sulfonamides is 1. The Balaban J connectivity index is 1.90. The monoisotopic (exact) mass is 513 g/mol. The number of benzene rings is 1. The molecule has 1 aliphatic rings. The molecule has 1 aromatic carbocycles. The summed E-state index contributed by atoms with van der Waals surface area (Å²) in [6.07, 6.45) is 2.89. The van der Waals surface area contributed by atoms with Gasteiger partial charge in [0, 0.05) is 29.3 Å². The van der Waals surface area contributed by atoms with Gasteiger partial charge >= 0.3 is 0 Å². The highest BCUT2D eigenvalue weighted by Crippen LogP contribution is 2.45. The van der Waals surface area contributed by atoms with E-state index in [0.29, 0.717) is 22.6 Å². The quantitative estimate of drug-likeness (QED) is 0.445. The molecule has 3 heterocycles. The standard InChI is InChI=1S/C25H31N5O3S2/c1-15(2)29-16(3)13-19(17(29)4)24-23(20-9-7-8-12-26-20)27-25(34)30(24)18-10-11-22(33-5)21(14-18)28-35(6,31)32/h7-15,23-24,28H,1-6H3,(H,27,34)/t23-,24+/m1/s1.